The molecule has 0 fully saturated rings. The summed E-state index contributed by atoms with van der Waals surface area (Å²) >= 11 is 0. The number of hydrogen-bond donors (Lipinski definition) is 1. The van der Waals surface area contributed by atoms with E-state index in [0.29, 0.717) is 12.1 Å². The first-order chi connectivity index (χ1) is 12.4. The summed E-state index contributed by atoms with van der Waals surface area (Å²) in [6.07, 6.45) is 3.31. The second-order valence-electron chi connectivity index (χ2n) is 9.71. The van der Waals surface area contributed by atoms with Gasteiger partial charge in [-0.1, -0.05) is 61.5 Å². The smallest absolute Gasteiger partial charge is 0.251 e. The summed E-state index contributed by atoms with van der Waals surface area (Å²) in [5.74, 6) is 0.227. The molecule has 0 aliphatic rings. The zero-order valence-electron chi connectivity index (χ0n) is 18.0. The molecule has 1 N–H and O–H groups in total. The molecule has 2 aromatic rings. The minimum Gasteiger partial charge on any atom is -0.347 e. The van der Waals surface area contributed by atoms with Crippen molar-refractivity contribution in [3.63, 3.8) is 0 Å². The molecule has 148 valence electrons. The Balaban J connectivity index is 2.33. The zero-order chi connectivity index (χ0) is 20.4. The van der Waals surface area contributed by atoms with Crippen molar-refractivity contribution in [2.75, 3.05) is 0 Å². The third kappa shape index (κ3) is 5.65. The van der Waals surface area contributed by atoms with Crippen LogP contribution in [-0.2, 0) is 17.4 Å². The Kier molecular flexibility index (Phi) is 6.13. The van der Waals surface area contributed by atoms with Gasteiger partial charge in [0.15, 0.2) is 0 Å². The van der Waals surface area contributed by atoms with Crippen LogP contribution in [0.1, 0.15) is 76.9 Å². The molecule has 0 aliphatic heterocycles. The Morgan fingerprint density at radius 2 is 1.44 bits per heavy atom. The molecule has 0 bridgehead atoms. The summed E-state index contributed by atoms with van der Waals surface area (Å²) in [5, 5.41) is 11.5. The van der Waals surface area contributed by atoms with Crippen LogP contribution in [0.2, 0.25) is 0 Å². The van der Waals surface area contributed by atoms with Gasteiger partial charge in [0.05, 0.1) is 25.0 Å². The minimum atomic E-state index is -0.0440. The van der Waals surface area contributed by atoms with Crippen LogP contribution in [0.15, 0.2) is 30.6 Å². The first-order valence-corrected chi connectivity index (χ1v) is 9.69. The van der Waals surface area contributed by atoms with Crippen molar-refractivity contribution in [1.82, 2.24) is 20.3 Å². The van der Waals surface area contributed by atoms with E-state index in [-0.39, 0.29) is 28.7 Å². The highest BCUT2D eigenvalue weighted by Crippen LogP contribution is 2.30. The lowest BCUT2D eigenvalue weighted by Gasteiger charge is -2.27. The largest absolute Gasteiger partial charge is 0.347 e. The summed E-state index contributed by atoms with van der Waals surface area (Å²) < 4.78 is 0. The van der Waals surface area contributed by atoms with Gasteiger partial charge < -0.3 is 5.32 Å². The van der Waals surface area contributed by atoms with Crippen molar-refractivity contribution in [2.24, 2.45) is 5.92 Å². The molecule has 1 amide bonds. The molecule has 0 aliphatic carbocycles. The molecule has 1 heterocycles. The molecule has 1 atom stereocenters. The second kappa shape index (κ2) is 7.83. The minimum absolute atomic E-state index is 0.0211. The second-order valence-corrected chi connectivity index (χ2v) is 9.71. The van der Waals surface area contributed by atoms with Crippen LogP contribution in [0.25, 0.3) is 0 Å². The maximum Gasteiger partial charge on any atom is 0.251 e. The van der Waals surface area contributed by atoms with Gasteiger partial charge in [-0.3, -0.25) is 4.79 Å². The maximum atomic E-state index is 13.1. The summed E-state index contributed by atoms with van der Waals surface area (Å²) in [5.41, 5.74) is 3.02. The Morgan fingerprint density at radius 1 is 0.963 bits per heavy atom. The van der Waals surface area contributed by atoms with Gasteiger partial charge in [-0.05, 0) is 40.0 Å². The van der Waals surface area contributed by atoms with E-state index in [4.69, 9.17) is 0 Å². The number of amides is 1. The highest BCUT2D eigenvalue weighted by Gasteiger charge is 2.24. The first-order valence-electron chi connectivity index (χ1n) is 9.69. The lowest BCUT2D eigenvalue weighted by molar-refractivity contribution is 0.0917. The number of nitrogens with zero attached hydrogens (tertiary/aromatic N) is 3. The third-order valence-corrected chi connectivity index (χ3v) is 4.88. The Labute approximate surface area is 163 Å². The van der Waals surface area contributed by atoms with E-state index in [2.05, 4.69) is 77.0 Å². The van der Waals surface area contributed by atoms with E-state index in [9.17, 15) is 4.79 Å². The van der Waals surface area contributed by atoms with Crippen LogP contribution in [0.3, 0.4) is 0 Å². The number of carbonyl (C=O) groups is 1. The van der Waals surface area contributed by atoms with Crippen LogP contribution in [0.5, 0.6) is 0 Å². The fraction of sp³-hybridized carbons (Fsp3) is 0.591. The van der Waals surface area contributed by atoms with E-state index in [1.54, 1.807) is 17.2 Å². The third-order valence-electron chi connectivity index (χ3n) is 4.88. The lowest BCUT2D eigenvalue weighted by Crippen LogP contribution is -2.42. The molecular weight excluding hydrogens is 336 g/mol. The van der Waals surface area contributed by atoms with Crippen LogP contribution in [-0.4, -0.2) is 26.9 Å². The SMILES string of the molecule is CC(C)C(Cn1nccn1)NC(=O)c1cc(C(C)(C)C)cc(C(C)(C)C)c1. The maximum absolute atomic E-state index is 13.1. The van der Waals surface area contributed by atoms with Gasteiger partial charge in [-0.15, -0.1) is 0 Å². The fourth-order valence-electron chi connectivity index (χ4n) is 2.81. The van der Waals surface area contributed by atoms with Crippen LogP contribution < -0.4 is 5.32 Å². The summed E-state index contributed by atoms with van der Waals surface area (Å²) in [7, 11) is 0. The number of benzene rings is 1. The molecule has 1 aromatic carbocycles. The normalized spacial score (nSPS) is 13.7. The Morgan fingerprint density at radius 3 is 1.85 bits per heavy atom. The van der Waals surface area contributed by atoms with E-state index in [1.165, 1.54) is 11.1 Å². The summed E-state index contributed by atoms with van der Waals surface area (Å²) in [6, 6.07) is 6.23. The van der Waals surface area contributed by atoms with Gasteiger partial charge >= 0.3 is 0 Å². The first kappa shape index (κ1) is 21.1. The standard InChI is InChI=1S/C22H34N4O/c1-15(2)19(14-26-23-9-10-24-26)25-20(27)16-11-17(21(3,4)5)13-18(12-16)22(6,7)8/h9-13,15,19H,14H2,1-8H3,(H,25,27). The molecule has 5 heteroatoms. The van der Waals surface area contributed by atoms with Crippen molar-refractivity contribution in [3.8, 4) is 0 Å². The number of carbonyl (C=O) groups excluding carboxylic acids is 1. The Bertz CT molecular complexity index is 732. The van der Waals surface area contributed by atoms with Gasteiger partial charge in [0.1, 0.15) is 0 Å². The molecule has 2 rings (SSSR count). The van der Waals surface area contributed by atoms with E-state index in [1.807, 2.05) is 12.1 Å². The molecule has 0 radical (unpaired) electrons. The van der Waals surface area contributed by atoms with Crippen molar-refractivity contribution >= 4 is 5.91 Å². The fourth-order valence-corrected chi connectivity index (χ4v) is 2.81. The molecule has 0 saturated carbocycles. The van der Waals surface area contributed by atoms with Crippen molar-refractivity contribution < 1.29 is 4.79 Å². The molecule has 0 spiro atoms. The quantitative estimate of drug-likeness (QED) is 0.852. The molecule has 1 aromatic heterocycles. The van der Waals surface area contributed by atoms with Crippen LogP contribution in [0.4, 0.5) is 0 Å². The van der Waals surface area contributed by atoms with E-state index in [0.717, 1.165) is 0 Å². The Hall–Kier alpha value is -2.17. The summed E-state index contributed by atoms with van der Waals surface area (Å²) in [4.78, 5) is 14.7. The zero-order valence-corrected chi connectivity index (χ0v) is 18.0. The van der Waals surface area contributed by atoms with Gasteiger partial charge in [0.2, 0.25) is 0 Å². The van der Waals surface area contributed by atoms with E-state index < -0.39 is 0 Å². The molecule has 5 nitrogen and oxygen atoms in total. The van der Waals surface area contributed by atoms with Crippen LogP contribution in [0, 0.1) is 5.92 Å². The molecular formula is C22H34N4O. The summed E-state index contributed by atoms with van der Waals surface area (Å²) in [6.45, 7) is 17.8. The van der Waals surface area contributed by atoms with Gasteiger partial charge in [-0.2, -0.15) is 15.0 Å². The average Bonchev–Trinajstić information content (AvgIpc) is 3.05. The number of nitrogens with one attached hydrogen (secondary N) is 1. The molecule has 27 heavy (non-hydrogen) atoms. The number of aromatic nitrogens is 3. The predicted molar refractivity (Wildman–Crippen MR) is 110 cm³/mol. The van der Waals surface area contributed by atoms with Crippen molar-refractivity contribution in [2.45, 2.75) is 78.8 Å². The lowest BCUT2D eigenvalue weighted by atomic mass is 9.79. The molecule has 0 saturated heterocycles. The highest BCUT2D eigenvalue weighted by molar-refractivity contribution is 5.95. The number of hydrogen-bond acceptors (Lipinski definition) is 3. The van der Waals surface area contributed by atoms with E-state index >= 15 is 0 Å². The van der Waals surface area contributed by atoms with Crippen molar-refractivity contribution in [1.29, 1.82) is 0 Å². The average molecular weight is 371 g/mol. The van der Waals surface area contributed by atoms with Gasteiger partial charge in [0.25, 0.3) is 5.91 Å². The van der Waals surface area contributed by atoms with Crippen molar-refractivity contribution in [3.05, 3.63) is 47.3 Å². The van der Waals surface area contributed by atoms with Gasteiger partial charge in [0, 0.05) is 5.56 Å². The highest BCUT2D eigenvalue weighted by atomic mass is 16.1. The van der Waals surface area contributed by atoms with Crippen LogP contribution >= 0.6 is 0 Å². The predicted octanol–water partition coefficient (Wildman–Crippen LogP) is 4.33. The number of rotatable bonds is 5. The topological polar surface area (TPSA) is 59.8 Å². The van der Waals surface area contributed by atoms with Gasteiger partial charge in [-0.25, -0.2) is 0 Å². The monoisotopic (exact) mass is 370 g/mol. The molecule has 1 unspecified atom stereocenters.